The Kier molecular flexibility index (Phi) is 3.81. The molecule has 0 saturated heterocycles. The molecule has 20 heavy (non-hydrogen) atoms. The third-order valence-electron chi connectivity index (χ3n) is 3.57. The lowest BCUT2D eigenvalue weighted by molar-refractivity contribution is 0.709. The second-order valence-corrected chi connectivity index (χ2v) is 6.05. The van der Waals surface area contributed by atoms with Gasteiger partial charge in [0.25, 0.3) is 0 Å². The molecule has 102 valence electrons. The minimum Gasteiger partial charge on any atom is -0.324 e. The predicted octanol–water partition coefficient (Wildman–Crippen LogP) is 4.10. The third-order valence-corrected chi connectivity index (χ3v) is 4.63. The fraction of sp³-hybridized carbons (Fsp3) is 0.235. The van der Waals surface area contributed by atoms with Crippen LogP contribution in [0, 0.1) is 0 Å². The van der Waals surface area contributed by atoms with Gasteiger partial charge in [-0.3, -0.25) is 0 Å². The number of rotatable bonds is 4. The molecule has 2 N–H and O–H groups in total. The number of hydrogen-bond donors (Lipinski definition) is 1. The van der Waals surface area contributed by atoms with Gasteiger partial charge in [-0.1, -0.05) is 43.3 Å². The van der Waals surface area contributed by atoms with Crippen LogP contribution in [0.5, 0.6) is 0 Å². The van der Waals surface area contributed by atoms with Crippen molar-refractivity contribution in [3.05, 3.63) is 64.7 Å². The number of nitrogens with two attached hydrogens (primary N) is 1. The maximum Gasteiger partial charge on any atom is 0.0957 e. The van der Waals surface area contributed by atoms with Gasteiger partial charge in [0, 0.05) is 12.5 Å². The Morgan fingerprint density at radius 1 is 1.10 bits per heavy atom. The van der Waals surface area contributed by atoms with Gasteiger partial charge in [0.15, 0.2) is 0 Å². The molecule has 0 bridgehead atoms. The molecule has 0 spiro atoms. The molecule has 0 aliphatic carbocycles. The Morgan fingerprint density at radius 3 is 2.65 bits per heavy atom. The van der Waals surface area contributed by atoms with Gasteiger partial charge >= 0.3 is 0 Å². The van der Waals surface area contributed by atoms with Crippen LogP contribution in [0.3, 0.4) is 0 Å². The summed E-state index contributed by atoms with van der Waals surface area (Å²) in [5.74, 6) is 0. The zero-order chi connectivity index (χ0) is 13.9. The molecule has 3 heteroatoms. The van der Waals surface area contributed by atoms with E-state index in [9.17, 15) is 0 Å². The van der Waals surface area contributed by atoms with E-state index in [0.29, 0.717) is 0 Å². The van der Waals surface area contributed by atoms with Crippen molar-refractivity contribution in [3.63, 3.8) is 0 Å². The molecule has 0 aliphatic rings. The molecule has 0 fully saturated rings. The van der Waals surface area contributed by atoms with E-state index in [0.717, 1.165) is 23.4 Å². The summed E-state index contributed by atoms with van der Waals surface area (Å²) in [6, 6.07) is 16.7. The van der Waals surface area contributed by atoms with Gasteiger partial charge in [-0.05, 0) is 29.7 Å². The molecule has 0 radical (unpaired) electrons. The van der Waals surface area contributed by atoms with E-state index in [-0.39, 0.29) is 6.04 Å². The summed E-state index contributed by atoms with van der Waals surface area (Å²) in [5.41, 5.74) is 10.0. The largest absolute Gasteiger partial charge is 0.324 e. The minimum atomic E-state index is 0.0201. The number of fused-ring (bicyclic) bond motifs is 1. The lowest BCUT2D eigenvalue weighted by Gasteiger charge is -2.14. The molecule has 3 rings (SSSR count). The molecule has 1 aromatic heterocycles. The molecular weight excluding hydrogens is 264 g/mol. The third kappa shape index (κ3) is 2.60. The van der Waals surface area contributed by atoms with E-state index in [1.165, 1.54) is 15.8 Å². The molecule has 1 unspecified atom stereocenters. The van der Waals surface area contributed by atoms with Crippen LogP contribution in [0.15, 0.2) is 48.5 Å². The van der Waals surface area contributed by atoms with Crippen molar-refractivity contribution in [3.8, 4) is 0 Å². The summed E-state index contributed by atoms with van der Waals surface area (Å²) in [5, 5.41) is 1.12. The van der Waals surface area contributed by atoms with Crippen molar-refractivity contribution in [1.82, 2.24) is 4.98 Å². The van der Waals surface area contributed by atoms with Crippen molar-refractivity contribution in [1.29, 1.82) is 0 Å². The van der Waals surface area contributed by atoms with E-state index >= 15 is 0 Å². The summed E-state index contributed by atoms with van der Waals surface area (Å²) in [4.78, 5) is 4.67. The van der Waals surface area contributed by atoms with Crippen LogP contribution in [0.25, 0.3) is 10.2 Å². The quantitative estimate of drug-likeness (QED) is 0.782. The smallest absolute Gasteiger partial charge is 0.0957 e. The highest BCUT2D eigenvalue weighted by molar-refractivity contribution is 7.18. The zero-order valence-corrected chi connectivity index (χ0v) is 12.4. The Balaban J connectivity index is 1.86. The van der Waals surface area contributed by atoms with Crippen LogP contribution in [-0.2, 0) is 12.8 Å². The summed E-state index contributed by atoms with van der Waals surface area (Å²) in [7, 11) is 0. The number of thiazole rings is 1. The van der Waals surface area contributed by atoms with Gasteiger partial charge in [0.2, 0.25) is 0 Å². The summed E-state index contributed by atoms with van der Waals surface area (Å²) in [6.45, 7) is 2.17. The van der Waals surface area contributed by atoms with Crippen molar-refractivity contribution < 1.29 is 0 Å². The molecular formula is C17H18N2S. The van der Waals surface area contributed by atoms with Crippen LogP contribution in [-0.4, -0.2) is 4.98 Å². The molecule has 1 heterocycles. The fourth-order valence-electron chi connectivity index (χ4n) is 2.52. The summed E-state index contributed by atoms with van der Waals surface area (Å²) in [6.07, 6.45) is 1.82. The maximum atomic E-state index is 6.39. The lowest BCUT2D eigenvalue weighted by Crippen LogP contribution is -2.15. The molecule has 0 aliphatic heterocycles. The first-order valence-electron chi connectivity index (χ1n) is 6.95. The van der Waals surface area contributed by atoms with E-state index in [2.05, 4.69) is 54.4 Å². The molecule has 1 atom stereocenters. The topological polar surface area (TPSA) is 38.9 Å². The van der Waals surface area contributed by atoms with Gasteiger partial charge in [-0.15, -0.1) is 11.3 Å². The number of hydrogen-bond acceptors (Lipinski definition) is 3. The normalized spacial score (nSPS) is 12.7. The highest BCUT2D eigenvalue weighted by Crippen LogP contribution is 2.26. The predicted molar refractivity (Wildman–Crippen MR) is 86.1 cm³/mol. The van der Waals surface area contributed by atoms with Gasteiger partial charge in [0.05, 0.1) is 15.2 Å². The summed E-state index contributed by atoms with van der Waals surface area (Å²) >= 11 is 1.74. The van der Waals surface area contributed by atoms with Crippen LogP contribution >= 0.6 is 11.3 Å². The first-order valence-corrected chi connectivity index (χ1v) is 7.77. The first kappa shape index (κ1) is 13.3. The van der Waals surface area contributed by atoms with Crippen molar-refractivity contribution in [2.24, 2.45) is 5.73 Å². The lowest BCUT2D eigenvalue weighted by atomic mass is 9.97. The monoisotopic (exact) mass is 282 g/mol. The number of aromatic nitrogens is 1. The Bertz CT molecular complexity index is 685. The Labute approximate surface area is 123 Å². The second-order valence-electron chi connectivity index (χ2n) is 4.94. The van der Waals surface area contributed by atoms with E-state index in [1.807, 2.05) is 6.07 Å². The number of nitrogens with zero attached hydrogens (tertiary/aromatic N) is 1. The van der Waals surface area contributed by atoms with Crippen molar-refractivity contribution in [2.45, 2.75) is 25.8 Å². The highest BCUT2D eigenvalue weighted by Gasteiger charge is 2.13. The van der Waals surface area contributed by atoms with Gasteiger partial charge in [-0.25, -0.2) is 4.98 Å². The van der Waals surface area contributed by atoms with E-state index < -0.39 is 0 Å². The van der Waals surface area contributed by atoms with E-state index in [1.54, 1.807) is 11.3 Å². The van der Waals surface area contributed by atoms with Crippen molar-refractivity contribution >= 4 is 21.6 Å². The Hall–Kier alpha value is -1.71. The fourth-order valence-corrected chi connectivity index (χ4v) is 3.55. The van der Waals surface area contributed by atoms with Gasteiger partial charge < -0.3 is 5.73 Å². The first-order chi connectivity index (χ1) is 9.78. The Morgan fingerprint density at radius 2 is 1.85 bits per heavy atom. The van der Waals surface area contributed by atoms with Gasteiger partial charge in [0.1, 0.15) is 0 Å². The second kappa shape index (κ2) is 5.73. The molecule has 2 nitrogen and oxygen atoms in total. The average molecular weight is 282 g/mol. The minimum absolute atomic E-state index is 0.0201. The number of aryl methyl sites for hydroxylation is 1. The standard InChI is InChI=1S/C17H18N2S/c1-2-12-7-3-4-8-13(12)14(18)11-17-19-15-9-5-6-10-16(15)20-17/h3-10,14H,2,11,18H2,1H3. The van der Waals surface area contributed by atoms with Crippen LogP contribution in [0.1, 0.15) is 29.1 Å². The molecule has 3 aromatic rings. The number of para-hydroxylation sites is 1. The van der Waals surface area contributed by atoms with Crippen molar-refractivity contribution in [2.75, 3.05) is 0 Å². The van der Waals surface area contributed by atoms with Crippen LogP contribution < -0.4 is 5.73 Å². The van der Waals surface area contributed by atoms with Gasteiger partial charge in [-0.2, -0.15) is 0 Å². The molecule has 2 aromatic carbocycles. The molecule has 0 saturated carbocycles. The highest BCUT2D eigenvalue weighted by atomic mass is 32.1. The zero-order valence-electron chi connectivity index (χ0n) is 11.5. The maximum absolute atomic E-state index is 6.39. The SMILES string of the molecule is CCc1ccccc1C(N)Cc1nc2ccccc2s1. The average Bonchev–Trinajstić information content (AvgIpc) is 2.89. The van der Waals surface area contributed by atoms with E-state index in [4.69, 9.17) is 5.73 Å². The van der Waals surface area contributed by atoms with Crippen LogP contribution in [0.4, 0.5) is 0 Å². The summed E-state index contributed by atoms with van der Waals surface area (Å²) < 4.78 is 1.23. The molecule has 0 amide bonds. The number of benzene rings is 2. The van der Waals surface area contributed by atoms with Crippen LogP contribution in [0.2, 0.25) is 0 Å².